The summed E-state index contributed by atoms with van der Waals surface area (Å²) in [5.74, 6) is 0.363. The molecular formula is C23H26F5N5O2S. The van der Waals surface area contributed by atoms with Gasteiger partial charge < -0.3 is 19.5 Å². The number of hydrogen-bond acceptors (Lipinski definition) is 5. The van der Waals surface area contributed by atoms with E-state index in [1.807, 2.05) is 13.1 Å². The first kappa shape index (κ1) is 24.9. The molecule has 1 aromatic carbocycles. The highest BCUT2D eigenvalue weighted by Gasteiger charge is 2.65. The van der Waals surface area contributed by atoms with E-state index in [-0.39, 0.29) is 29.7 Å². The number of aromatic amines is 1. The fourth-order valence-electron chi connectivity index (χ4n) is 4.81. The molecule has 5 rings (SSSR count). The van der Waals surface area contributed by atoms with Crippen LogP contribution in [0.4, 0.5) is 19.4 Å². The van der Waals surface area contributed by atoms with Crippen molar-refractivity contribution >= 4 is 27.3 Å². The Morgan fingerprint density at radius 3 is 2.39 bits per heavy atom. The largest absolute Gasteiger partial charge is 0.368 e. The van der Waals surface area contributed by atoms with Gasteiger partial charge in [-0.05, 0) is 61.7 Å². The Morgan fingerprint density at radius 2 is 1.75 bits per heavy atom. The molecule has 2 aromatic heterocycles. The monoisotopic (exact) mass is 531 g/mol. The number of hydrogen-bond donors (Lipinski definition) is 1. The number of amides is 1. The summed E-state index contributed by atoms with van der Waals surface area (Å²) in [5.41, 5.74) is 2.42. The summed E-state index contributed by atoms with van der Waals surface area (Å²) in [6, 6.07) is 4.10. The molecule has 1 atom stereocenters. The molecule has 1 N–H and O–H groups in total. The number of benzene rings is 1. The molecule has 0 aliphatic carbocycles. The molecule has 0 unspecified atom stereocenters. The zero-order chi connectivity index (χ0) is 25.8. The van der Waals surface area contributed by atoms with E-state index in [1.165, 1.54) is 4.90 Å². The molecule has 13 heteroatoms. The van der Waals surface area contributed by atoms with Crippen LogP contribution in [-0.2, 0) is 4.74 Å². The number of carbonyl (C=O) groups is 1. The zero-order valence-electron chi connectivity index (χ0n) is 19.5. The van der Waals surface area contributed by atoms with Crippen molar-refractivity contribution < 1.29 is 29.0 Å². The number of halogens is 5. The van der Waals surface area contributed by atoms with Crippen LogP contribution in [0, 0.1) is 0 Å². The summed E-state index contributed by atoms with van der Waals surface area (Å²) >= 11 is 0. The van der Waals surface area contributed by atoms with E-state index >= 15 is 0 Å². The number of likely N-dealkylation sites (N-methyl/N-ethyl adjacent to an activating group) is 1. The smallest absolute Gasteiger partial charge is 0.310 e. The molecule has 196 valence electrons. The number of nitrogens with zero attached hydrogens (tertiary/aromatic N) is 4. The number of carbonyl (C=O) groups excluding carboxylic acids is 1. The third-order valence-electron chi connectivity index (χ3n) is 6.79. The molecule has 4 heterocycles. The Kier molecular flexibility index (Phi) is 5.62. The van der Waals surface area contributed by atoms with Crippen molar-refractivity contribution in [2.24, 2.45) is 0 Å². The average molecular weight is 532 g/mol. The molecule has 0 bridgehead atoms. The first-order chi connectivity index (χ1) is 16.8. The van der Waals surface area contributed by atoms with Gasteiger partial charge in [-0.1, -0.05) is 19.4 Å². The molecule has 7 nitrogen and oxygen atoms in total. The van der Waals surface area contributed by atoms with Gasteiger partial charge in [0.05, 0.1) is 12.1 Å². The summed E-state index contributed by atoms with van der Waals surface area (Å²) in [6.07, 6.45) is 2.79. The Balaban J connectivity index is 1.28. The van der Waals surface area contributed by atoms with Gasteiger partial charge in [0.2, 0.25) is 0 Å². The summed E-state index contributed by atoms with van der Waals surface area (Å²) in [7, 11) is -7.75. The Morgan fingerprint density at radius 1 is 1.06 bits per heavy atom. The Labute approximate surface area is 204 Å². The minimum Gasteiger partial charge on any atom is -0.368 e. The van der Waals surface area contributed by atoms with Gasteiger partial charge in [-0.25, -0.2) is 9.97 Å². The third kappa shape index (κ3) is 5.04. The minimum absolute atomic E-state index is 0.0546. The van der Waals surface area contributed by atoms with Crippen molar-refractivity contribution in [3.63, 3.8) is 0 Å². The van der Waals surface area contributed by atoms with Crippen LogP contribution < -0.4 is 0 Å². The Bertz CT molecular complexity index is 1290. The number of imidazole rings is 1. The SMILES string of the molecule is CN1CCO[C@@H](c2nc3nccc(C4CCN(C(=O)c5ccc(S(F)(F)(F)(F)F)cc5)CC4)c3[nH]2)C1. The van der Waals surface area contributed by atoms with E-state index in [1.54, 1.807) is 6.20 Å². The first-order valence-electron chi connectivity index (χ1n) is 11.6. The number of H-pyrrole nitrogens is 1. The molecule has 2 fully saturated rings. The molecular weight excluding hydrogens is 505 g/mol. The second-order valence-corrected chi connectivity index (χ2v) is 11.8. The molecule has 0 radical (unpaired) electrons. The summed E-state index contributed by atoms with van der Waals surface area (Å²) < 4.78 is 70.7. The van der Waals surface area contributed by atoms with Crippen molar-refractivity contribution in [3.05, 3.63) is 53.5 Å². The molecule has 3 aromatic rings. The van der Waals surface area contributed by atoms with Gasteiger partial charge in [-0.15, -0.1) is 0 Å². The minimum atomic E-state index is -9.77. The van der Waals surface area contributed by atoms with Gasteiger partial charge in [-0.2, -0.15) is 0 Å². The van der Waals surface area contributed by atoms with Crippen LogP contribution in [0.2, 0.25) is 0 Å². The highest BCUT2D eigenvalue weighted by Crippen LogP contribution is 3.02. The molecule has 2 aliphatic rings. The second-order valence-electron chi connectivity index (χ2n) is 9.40. The van der Waals surface area contributed by atoms with Gasteiger partial charge in [0.1, 0.15) is 16.8 Å². The van der Waals surface area contributed by atoms with E-state index < -0.39 is 21.0 Å². The average Bonchev–Trinajstić information content (AvgIpc) is 3.27. The lowest BCUT2D eigenvalue weighted by molar-refractivity contribution is -0.0249. The normalized spacial score (nSPS) is 22.4. The second kappa shape index (κ2) is 8.12. The van der Waals surface area contributed by atoms with Gasteiger partial charge in [0.25, 0.3) is 5.91 Å². The fourth-order valence-corrected chi connectivity index (χ4v) is 5.47. The van der Waals surface area contributed by atoms with Gasteiger partial charge in [-0.3, -0.25) is 4.79 Å². The standard InChI is InChI=1S/C23H26F5N5O2S/c1-32-12-13-35-19(14-32)21-30-20-18(6-9-29-22(20)31-21)15-7-10-33(11-8-15)23(34)16-2-4-17(5-3-16)36(24,25,26,27)28/h2-6,9,15,19H,7-8,10-14H2,1H3,(H,29,30,31)/t19-/m1/s1. The molecule has 2 aliphatic heterocycles. The van der Waals surface area contributed by atoms with Crippen molar-refractivity contribution in [1.29, 1.82) is 0 Å². The zero-order valence-corrected chi connectivity index (χ0v) is 20.3. The number of piperidine rings is 1. The number of pyridine rings is 1. The van der Waals surface area contributed by atoms with Crippen LogP contribution in [0.3, 0.4) is 0 Å². The van der Waals surface area contributed by atoms with E-state index in [4.69, 9.17) is 4.74 Å². The lowest BCUT2D eigenvalue weighted by Crippen LogP contribution is -2.38. The van der Waals surface area contributed by atoms with E-state index in [2.05, 4.69) is 19.9 Å². The Hall–Kier alpha value is -2.77. The number of nitrogens with one attached hydrogen (secondary N) is 1. The lowest BCUT2D eigenvalue weighted by atomic mass is 9.89. The number of rotatable bonds is 4. The maximum absolute atomic E-state index is 13.0. The van der Waals surface area contributed by atoms with Gasteiger partial charge in [0.15, 0.2) is 5.65 Å². The highest BCUT2D eigenvalue weighted by molar-refractivity contribution is 8.45. The van der Waals surface area contributed by atoms with Crippen LogP contribution >= 0.6 is 10.2 Å². The molecule has 0 spiro atoms. The first-order valence-corrected chi connectivity index (χ1v) is 13.5. The number of morpholine rings is 1. The predicted molar refractivity (Wildman–Crippen MR) is 126 cm³/mol. The van der Waals surface area contributed by atoms with E-state index in [0.717, 1.165) is 42.1 Å². The van der Waals surface area contributed by atoms with Crippen molar-refractivity contribution in [3.8, 4) is 0 Å². The van der Waals surface area contributed by atoms with E-state index in [9.17, 15) is 24.2 Å². The quantitative estimate of drug-likeness (QED) is 0.441. The lowest BCUT2D eigenvalue weighted by Gasteiger charge is -2.40. The summed E-state index contributed by atoms with van der Waals surface area (Å²) in [4.78, 5) is 26.9. The number of fused-ring (bicyclic) bond motifs is 1. The van der Waals surface area contributed by atoms with Crippen LogP contribution in [0.5, 0.6) is 0 Å². The predicted octanol–water partition coefficient (Wildman–Crippen LogP) is 5.64. The van der Waals surface area contributed by atoms with Gasteiger partial charge in [0, 0.05) is 37.9 Å². The van der Waals surface area contributed by atoms with Crippen molar-refractivity contribution in [1.82, 2.24) is 24.8 Å². The third-order valence-corrected chi connectivity index (χ3v) is 7.95. The van der Waals surface area contributed by atoms with Gasteiger partial charge >= 0.3 is 10.2 Å². The van der Waals surface area contributed by atoms with E-state index in [0.29, 0.717) is 38.2 Å². The van der Waals surface area contributed by atoms with Crippen LogP contribution in [0.25, 0.3) is 11.2 Å². The topological polar surface area (TPSA) is 74.3 Å². The number of likely N-dealkylation sites (tertiary alicyclic amines) is 1. The van der Waals surface area contributed by atoms with Crippen LogP contribution in [-0.4, -0.2) is 70.5 Å². The van der Waals surface area contributed by atoms with Crippen molar-refractivity contribution in [2.45, 2.75) is 29.8 Å². The maximum Gasteiger partial charge on any atom is 0.310 e. The maximum atomic E-state index is 13.0. The molecule has 36 heavy (non-hydrogen) atoms. The summed E-state index contributed by atoms with van der Waals surface area (Å²) in [6.45, 7) is 2.96. The number of ether oxygens (including phenoxy) is 1. The fraction of sp³-hybridized carbons (Fsp3) is 0.435. The summed E-state index contributed by atoms with van der Waals surface area (Å²) in [5, 5.41) is 0. The number of aromatic nitrogens is 3. The molecule has 1 amide bonds. The van der Waals surface area contributed by atoms with Crippen LogP contribution in [0.1, 0.15) is 46.6 Å². The molecule has 2 saturated heterocycles. The van der Waals surface area contributed by atoms with Crippen molar-refractivity contribution in [2.75, 3.05) is 39.8 Å². The highest BCUT2D eigenvalue weighted by atomic mass is 32.5. The van der Waals surface area contributed by atoms with Crippen LogP contribution in [0.15, 0.2) is 41.4 Å². The molecule has 0 saturated carbocycles.